The highest BCUT2D eigenvalue weighted by Crippen LogP contribution is 2.30. The maximum atomic E-state index is 11.6. The van der Waals surface area contributed by atoms with Crippen LogP contribution in [0.4, 0.5) is 0 Å². The van der Waals surface area contributed by atoms with Gasteiger partial charge in [0.2, 0.25) is 11.8 Å². The van der Waals surface area contributed by atoms with Crippen LogP contribution in [0.5, 0.6) is 11.5 Å². The van der Waals surface area contributed by atoms with E-state index in [1.165, 1.54) is 6.92 Å². The van der Waals surface area contributed by atoms with Crippen molar-refractivity contribution in [3.63, 3.8) is 0 Å². The van der Waals surface area contributed by atoms with Gasteiger partial charge < -0.3 is 20.1 Å². The van der Waals surface area contributed by atoms with Gasteiger partial charge in [-0.3, -0.25) is 9.59 Å². The number of amides is 2. The first-order valence-corrected chi connectivity index (χ1v) is 6.55. The average Bonchev–Trinajstić information content (AvgIpc) is 2.44. The maximum Gasteiger partial charge on any atom is 0.222 e. The van der Waals surface area contributed by atoms with Crippen molar-refractivity contribution in [1.82, 2.24) is 10.6 Å². The monoisotopic (exact) mass is 278 g/mol. The van der Waals surface area contributed by atoms with Crippen LogP contribution in [0, 0.1) is 0 Å². The molecule has 1 aromatic carbocycles. The summed E-state index contributed by atoms with van der Waals surface area (Å²) in [5.74, 6) is 1.21. The van der Waals surface area contributed by atoms with Crippen molar-refractivity contribution < 1.29 is 19.1 Å². The normalized spacial score (nSPS) is 12.7. The van der Waals surface area contributed by atoms with E-state index in [2.05, 4.69) is 10.6 Å². The second kappa shape index (κ2) is 6.79. The van der Waals surface area contributed by atoms with E-state index in [0.717, 1.165) is 11.3 Å². The molecule has 0 radical (unpaired) electrons. The topological polar surface area (TPSA) is 76.7 Å². The molecule has 0 saturated carbocycles. The molecule has 2 amide bonds. The Morgan fingerprint density at radius 3 is 2.65 bits per heavy atom. The van der Waals surface area contributed by atoms with Gasteiger partial charge in [-0.15, -0.1) is 0 Å². The minimum Gasteiger partial charge on any atom is -0.486 e. The molecule has 0 spiro atoms. The van der Waals surface area contributed by atoms with Crippen LogP contribution in [0.25, 0.3) is 0 Å². The lowest BCUT2D eigenvalue weighted by molar-refractivity contribution is -0.121. The Morgan fingerprint density at radius 1 is 1.15 bits per heavy atom. The summed E-state index contributed by atoms with van der Waals surface area (Å²) in [6.45, 7) is 3.30. The van der Waals surface area contributed by atoms with Gasteiger partial charge in [0.1, 0.15) is 13.2 Å². The Morgan fingerprint density at radius 2 is 1.90 bits per heavy atom. The smallest absolute Gasteiger partial charge is 0.222 e. The molecule has 2 N–H and O–H groups in total. The van der Waals surface area contributed by atoms with Crippen LogP contribution in [-0.4, -0.2) is 31.6 Å². The number of rotatable bonds is 5. The molecule has 20 heavy (non-hydrogen) atoms. The fourth-order valence-electron chi connectivity index (χ4n) is 1.84. The molecule has 0 atom stereocenters. The number of hydrogen-bond donors (Lipinski definition) is 2. The maximum absolute atomic E-state index is 11.6. The van der Waals surface area contributed by atoms with Crippen LogP contribution in [0.2, 0.25) is 0 Å². The zero-order valence-electron chi connectivity index (χ0n) is 11.4. The Hall–Kier alpha value is -2.24. The molecule has 0 bridgehead atoms. The fourth-order valence-corrected chi connectivity index (χ4v) is 1.84. The van der Waals surface area contributed by atoms with Crippen LogP contribution < -0.4 is 20.1 Å². The second-order valence-electron chi connectivity index (χ2n) is 4.49. The molecule has 1 aromatic rings. The van der Waals surface area contributed by atoms with Gasteiger partial charge in [0.15, 0.2) is 11.5 Å². The molecule has 6 nitrogen and oxygen atoms in total. The lowest BCUT2D eigenvalue weighted by Gasteiger charge is -2.19. The van der Waals surface area contributed by atoms with Gasteiger partial charge in [0, 0.05) is 26.4 Å². The number of carbonyl (C=O) groups excluding carboxylic acids is 2. The first-order chi connectivity index (χ1) is 9.65. The molecule has 0 fully saturated rings. The first-order valence-electron chi connectivity index (χ1n) is 6.55. The Kier molecular flexibility index (Phi) is 4.81. The first kappa shape index (κ1) is 14.2. The van der Waals surface area contributed by atoms with Crippen molar-refractivity contribution in [2.24, 2.45) is 0 Å². The third-order valence-electron chi connectivity index (χ3n) is 2.82. The van der Waals surface area contributed by atoms with E-state index in [9.17, 15) is 9.59 Å². The highest BCUT2D eigenvalue weighted by atomic mass is 16.6. The van der Waals surface area contributed by atoms with Crippen molar-refractivity contribution in [2.45, 2.75) is 19.9 Å². The van der Waals surface area contributed by atoms with E-state index in [0.29, 0.717) is 32.1 Å². The SMILES string of the molecule is CC(=O)NCCC(=O)NCc1ccc2c(c1)OCCO2. The number of fused-ring (bicyclic) bond motifs is 1. The average molecular weight is 278 g/mol. The molecule has 0 aliphatic carbocycles. The number of carbonyl (C=O) groups is 2. The van der Waals surface area contributed by atoms with Crippen molar-refractivity contribution in [2.75, 3.05) is 19.8 Å². The summed E-state index contributed by atoms with van der Waals surface area (Å²) >= 11 is 0. The Labute approximate surface area is 117 Å². The van der Waals surface area contributed by atoms with Gasteiger partial charge in [-0.25, -0.2) is 0 Å². The van der Waals surface area contributed by atoms with E-state index < -0.39 is 0 Å². The van der Waals surface area contributed by atoms with Crippen molar-refractivity contribution in [3.8, 4) is 11.5 Å². The molecule has 0 saturated heterocycles. The number of benzene rings is 1. The summed E-state index contributed by atoms with van der Waals surface area (Å²) in [7, 11) is 0. The van der Waals surface area contributed by atoms with Gasteiger partial charge in [-0.05, 0) is 17.7 Å². The Bertz CT molecular complexity index is 502. The van der Waals surface area contributed by atoms with E-state index >= 15 is 0 Å². The molecular formula is C14H18N2O4. The predicted octanol–water partition coefficient (Wildman–Crippen LogP) is 0.600. The largest absolute Gasteiger partial charge is 0.486 e. The lowest BCUT2D eigenvalue weighted by atomic mass is 10.2. The van der Waals surface area contributed by atoms with Crippen LogP contribution >= 0.6 is 0 Å². The van der Waals surface area contributed by atoms with Crippen LogP contribution in [0.1, 0.15) is 18.9 Å². The molecule has 0 aromatic heterocycles. The highest BCUT2D eigenvalue weighted by molar-refractivity contribution is 5.77. The van der Waals surface area contributed by atoms with Crippen molar-refractivity contribution >= 4 is 11.8 Å². The predicted molar refractivity (Wildman–Crippen MR) is 72.6 cm³/mol. The highest BCUT2D eigenvalue weighted by Gasteiger charge is 2.11. The molecule has 1 heterocycles. The minimum absolute atomic E-state index is 0.103. The third kappa shape index (κ3) is 4.15. The van der Waals surface area contributed by atoms with Gasteiger partial charge >= 0.3 is 0 Å². The number of hydrogen-bond acceptors (Lipinski definition) is 4. The summed E-state index contributed by atoms with van der Waals surface area (Å²) in [4.78, 5) is 22.2. The lowest BCUT2D eigenvalue weighted by Crippen LogP contribution is -2.29. The van der Waals surface area contributed by atoms with E-state index in [-0.39, 0.29) is 18.2 Å². The minimum atomic E-state index is -0.135. The zero-order valence-corrected chi connectivity index (χ0v) is 11.4. The Balaban J connectivity index is 1.79. The molecular weight excluding hydrogens is 260 g/mol. The second-order valence-corrected chi connectivity index (χ2v) is 4.49. The van der Waals surface area contributed by atoms with Gasteiger partial charge in [0.05, 0.1) is 0 Å². The van der Waals surface area contributed by atoms with Gasteiger partial charge in [-0.2, -0.15) is 0 Å². The molecule has 1 aliphatic rings. The summed E-state index contributed by atoms with van der Waals surface area (Å²) in [6, 6.07) is 5.59. The van der Waals surface area contributed by atoms with Crippen LogP contribution in [-0.2, 0) is 16.1 Å². The van der Waals surface area contributed by atoms with Gasteiger partial charge in [0.25, 0.3) is 0 Å². The summed E-state index contributed by atoms with van der Waals surface area (Å²) in [5, 5.41) is 5.37. The van der Waals surface area contributed by atoms with E-state index in [1.54, 1.807) is 0 Å². The van der Waals surface area contributed by atoms with Crippen molar-refractivity contribution in [3.05, 3.63) is 23.8 Å². The summed E-state index contributed by atoms with van der Waals surface area (Å²) in [6.07, 6.45) is 0.268. The molecule has 108 valence electrons. The zero-order chi connectivity index (χ0) is 14.4. The number of ether oxygens (including phenoxy) is 2. The third-order valence-corrected chi connectivity index (χ3v) is 2.82. The standard InChI is InChI=1S/C14H18N2O4/c1-10(17)15-5-4-14(18)16-9-11-2-3-12-13(8-11)20-7-6-19-12/h2-3,8H,4-7,9H2,1H3,(H,15,17)(H,16,18). The quantitative estimate of drug-likeness (QED) is 0.827. The van der Waals surface area contributed by atoms with Gasteiger partial charge in [-0.1, -0.05) is 6.07 Å². The summed E-state index contributed by atoms with van der Waals surface area (Å²) < 4.78 is 10.9. The van der Waals surface area contributed by atoms with E-state index in [1.807, 2.05) is 18.2 Å². The van der Waals surface area contributed by atoms with E-state index in [4.69, 9.17) is 9.47 Å². The fraction of sp³-hybridized carbons (Fsp3) is 0.429. The van der Waals surface area contributed by atoms with Crippen LogP contribution in [0.15, 0.2) is 18.2 Å². The molecule has 0 unspecified atom stereocenters. The van der Waals surface area contributed by atoms with Crippen LogP contribution in [0.3, 0.4) is 0 Å². The van der Waals surface area contributed by atoms with Crippen molar-refractivity contribution in [1.29, 1.82) is 0 Å². The molecule has 1 aliphatic heterocycles. The summed E-state index contributed by atoms with van der Waals surface area (Å²) in [5.41, 5.74) is 0.946. The molecule has 2 rings (SSSR count). The number of nitrogens with one attached hydrogen (secondary N) is 2. The molecule has 6 heteroatoms.